The van der Waals surface area contributed by atoms with Crippen LogP contribution in [0, 0.1) is 0 Å². The number of methoxy groups -OCH3 is 1. The highest BCUT2D eigenvalue weighted by atomic mass is 16.5. The molecular formula is C14H13NO3. The number of pyridine rings is 1. The molecule has 18 heavy (non-hydrogen) atoms. The highest BCUT2D eigenvalue weighted by Gasteiger charge is 2.10. The first-order valence-electron chi connectivity index (χ1n) is 5.50. The fraction of sp³-hybridized carbons (Fsp3) is 0.143. The van der Waals surface area contributed by atoms with Gasteiger partial charge in [-0.15, -0.1) is 0 Å². The van der Waals surface area contributed by atoms with E-state index in [-0.39, 0.29) is 18.0 Å². The normalized spacial score (nSPS) is 10.1. The molecule has 1 aromatic heterocycles. The zero-order valence-electron chi connectivity index (χ0n) is 9.96. The van der Waals surface area contributed by atoms with Crippen molar-refractivity contribution < 1.29 is 14.6 Å². The zero-order chi connectivity index (χ0) is 13.0. The quantitative estimate of drug-likeness (QED) is 0.836. The summed E-state index contributed by atoms with van der Waals surface area (Å²) in [7, 11) is 1.54. The number of Topliss-reactive ketones (excluding diaryl/α,β-unsaturated/α-hetero) is 1. The molecule has 0 saturated carbocycles. The standard InChI is InChI=1S/C14H13NO3/c1-18-12-2-3-13(16)11(8-12)9-14(17)10-4-6-15-7-5-10/h2-8,16H,9H2,1H3. The lowest BCUT2D eigenvalue weighted by molar-refractivity contribution is 0.0992. The first-order valence-corrected chi connectivity index (χ1v) is 5.50. The Labute approximate surface area is 105 Å². The fourth-order valence-electron chi connectivity index (χ4n) is 1.64. The van der Waals surface area contributed by atoms with Crippen LogP contribution in [0.2, 0.25) is 0 Å². The average Bonchev–Trinajstić information content (AvgIpc) is 2.42. The van der Waals surface area contributed by atoms with Crippen molar-refractivity contribution in [2.24, 2.45) is 0 Å². The van der Waals surface area contributed by atoms with Crippen LogP contribution in [0.3, 0.4) is 0 Å². The summed E-state index contributed by atoms with van der Waals surface area (Å²) >= 11 is 0. The Kier molecular flexibility index (Phi) is 3.57. The SMILES string of the molecule is COc1ccc(O)c(CC(=O)c2ccncc2)c1. The van der Waals surface area contributed by atoms with Crippen LogP contribution < -0.4 is 4.74 Å². The third-order valence-electron chi connectivity index (χ3n) is 2.64. The smallest absolute Gasteiger partial charge is 0.167 e. The van der Waals surface area contributed by atoms with E-state index >= 15 is 0 Å². The van der Waals surface area contributed by atoms with Gasteiger partial charge in [-0.1, -0.05) is 0 Å². The first-order chi connectivity index (χ1) is 8.70. The predicted molar refractivity (Wildman–Crippen MR) is 66.9 cm³/mol. The molecule has 1 heterocycles. The van der Waals surface area contributed by atoms with Crippen LogP contribution in [0.1, 0.15) is 15.9 Å². The van der Waals surface area contributed by atoms with Crippen molar-refractivity contribution in [1.29, 1.82) is 0 Å². The second-order valence-electron chi connectivity index (χ2n) is 3.83. The van der Waals surface area contributed by atoms with E-state index in [0.29, 0.717) is 16.9 Å². The number of carbonyl (C=O) groups excluding carboxylic acids is 1. The number of ketones is 1. The Morgan fingerprint density at radius 3 is 2.67 bits per heavy atom. The van der Waals surface area contributed by atoms with Crippen LogP contribution >= 0.6 is 0 Å². The van der Waals surface area contributed by atoms with E-state index < -0.39 is 0 Å². The molecule has 92 valence electrons. The van der Waals surface area contributed by atoms with Gasteiger partial charge in [-0.25, -0.2) is 0 Å². The number of phenols is 1. The fourth-order valence-corrected chi connectivity index (χ4v) is 1.64. The molecule has 0 bridgehead atoms. The molecule has 0 spiro atoms. The van der Waals surface area contributed by atoms with Crippen LogP contribution in [0.4, 0.5) is 0 Å². The van der Waals surface area contributed by atoms with Gasteiger partial charge in [-0.05, 0) is 30.3 Å². The van der Waals surface area contributed by atoms with Crippen molar-refractivity contribution in [1.82, 2.24) is 4.98 Å². The Balaban J connectivity index is 2.21. The Bertz CT molecular complexity index is 552. The average molecular weight is 243 g/mol. The number of carbonyl (C=O) groups is 1. The molecule has 0 aliphatic heterocycles. The Morgan fingerprint density at radius 2 is 2.00 bits per heavy atom. The number of aromatic nitrogens is 1. The van der Waals surface area contributed by atoms with E-state index in [9.17, 15) is 9.90 Å². The lowest BCUT2D eigenvalue weighted by Crippen LogP contribution is -2.04. The van der Waals surface area contributed by atoms with Gasteiger partial charge in [0.15, 0.2) is 5.78 Å². The topological polar surface area (TPSA) is 59.4 Å². The van der Waals surface area contributed by atoms with Gasteiger partial charge in [-0.2, -0.15) is 0 Å². The van der Waals surface area contributed by atoms with E-state index in [1.54, 1.807) is 43.8 Å². The number of nitrogens with zero attached hydrogens (tertiary/aromatic N) is 1. The summed E-state index contributed by atoms with van der Waals surface area (Å²) in [5, 5.41) is 9.71. The van der Waals surface area contributed by atoms with Gasteiger partial charge in [-0.3, -0.25) is 9.78 Å². The van der Waals surface area contributed by atoms with Crippen molar-refractivity contribution in [3.05, 3.63) is 53.9 Å². The van der Waals surface area contributed by atoms with Gasteiger partial charge in [0, 0.05) is 29.9 Å². The number of benzene rings is 1. The first kappa shape index (κ1) is 12.1. The minimum absolute atomic E-state index is 0.0686. The number of aromatic hydroxyl groups is 1. The molecule has 0 radical (unpaired) electrons. The summed E-state index contributed by atoms with van der Waals surface area (Å²) in [4.78, 5) is 15.8. The summed E-state index contributed by atoms with van der Waals surface area (Å²) in [5.74, 6) is 0.643. The van der Waals surface area contributed by atoms with E-state index in [0.717, 1.165) is 0 Å². The Hall–Kier alpha value is -2.36. The number of ether oxygens (including phenoxy) is 1. The third-order valence-corrected chi connectivity index (χ3v) is 2.64. The van der Waals surface area contributed by atoms with Crippen molar-refractivity contribution in [3.63, 3.8) is 0 Å². The molecule has 0 aliphatic carbocycles. The van der Waals surface area contributed by atoms with Gasteiger partial charge >= 0.3 is 0 Å². The van der Waals surface area contributed by atoms with Crippen molar-refractivity contribution in [2.45, 2.75) is 6.42 Å². The molecule has 1 N–H and O–H groups in total. The summed E-state index contributed by atoms with van der Waals surface area (Å²) in [5.41, 5.74) is 1.13. The molecule has 2 aromatic rings. The molecule has 0 atom stereocenters. The van der Waals surface area contributed by atoms with Crippen LogP contribution in [-0.4, -0.2) is 23.0 Å². The molecule has 4 nitrogen and oxygen atoms in total. The Morgan fingerprint density at radius 1 is 1.28 bits per heavy atom. The summed E-state index contributed by atoms with van der Waals surface area (Å²) in [6.45, 7) is 0. The number of hydrogen-bond acceptors (Lipinski definition) is 4. The maximum Gasteiger partial charge on any atom is 0.167 e. The minimum Gasteiger partial charge on any atom is -0.508 e. The van der Waals surface area contributed by atoms with Crippen molar-refractivity contribution >= 4 is 5.78 Å². The highest BCUT2D eigenvalue weighted by molar-refractivity contribution is 5.97. The number of rotatable bonds is 4. The van der Waals surface area contributed by atoms with E-state index in [2.05, 4.69) is 4.98 Å². The largest absolute Gasteiger partial charge is 0.508 e. The molecule has 2 rings (SSSR count). The predicted octanol–water partition coefficient (Wildman–Crippen LogP) is 2.22. The molecule has 4 heteroatoms. The lowest BCUT2D eigenvalue weighted by atomic mass is 10.0. The molecule has 1 aromatic carbocycles. The summed E-state index contributed by atoms with van der Waals surface area (Å²) in [6, 6.07) is 8.14. The van der Waals surface area contributed by atoms with E-state index in [4.69, 9.17) is 4.74 Å². The molecular weight excluding hydrogens is 230 g/mol. The van der Waals surface area contributed by atoms with Crippen LogP contribution in [0.5, 0.6) is 11.5 Å². The van der Waals surface area contributed by atoms with Gasteiger partial charge in [0.05, 0.1) is 7.11 Å². The van der Waals surface area contributed by atoms with Crippen molar-refractivity contribution in [3.8, 4) is 11.5 Å². The maximum atomic E-state index is 12.0. The lowest BCUT2D eigenvalue weighted by Gasteiger charge is -2.06. The second kappa shape index (κ2) is 5.31. The third kappa shape index (κ3) is 2.66. The van der Waals surface area contributed by atoms with Crippen LogP contribution in [0.25, 0.3) is 0 Å². The van der Waals surface area contributed by atoms with Crippen LogP contribution in [-0.2, 0) is 6.42 Å². The molecule has 0 amide bonds. The maximum absolute atomic E-state index is 12.0. The monoisotopic (exact) mass is 243 g/mol. The molecule has 0 saturated heterocycles. The van der Waals surface area contributed by atoms with Crippen LogP contribution in [0.15, 0.2) is 42.7 Å². The molecule has 0 unspecified atom stereocenters. The van der Waals surface area contributed by atoms with E-state index in [1.807, 2.05) is 0 Å². The number of phenolic OH excluding ortho intramolecular Hbond substituents is 1. The zero-order valence-corrected chi connectivity index (χ0v) is 9.96. The van der Waals surface area contributed by atoms with Gasteiger partial charge in [0.25, 0.3) is 0 Å². The van der Waals surface area contributed by atoms with Gasteiger partial charge < -0.3 is 9.84 Å². The van der Waals surface area contributed by atoms with Crippen molar-refractivity contribution in [2.75, 3.05) is 7.11 Å². The minimum atomic E-state index is -0.0686. The van der Waals surface area contributed by atoms with Gasteiger partial charge in [0.1, 0.15) is 11.5 Å². The molecule has 0 aliphatic rings. The second-order valence-corrected chi connectivity index (χ2v) is 3.83. The van der Waals surface area contributed by atoms with Gasteiger partial charge in [0.2, 0.25) is 0 Å². The summed E-state index contributed by atoms with van der Waals surface area (Å²) in [6.07, 6.45) is 3.27. The number of hydrogen-bond donors (Lipinski definition) is 1. The molecule has 0 fully saturated rings. The van der Waals surface area contributed by atoms with E-state index in [1.165, 1.54) is 6.07 Å². The highest BCUT2D eigenvalue weighted by Crippen LogP contribution is 2.24. The summed E-state index contributed by atoms with van der Waals surface area (Å²) < 4.78 is 5.06.